The van der Waals surface area contributed by atoms with E-state index in [0.29, 0.717) is 17.1 Å². The first kappa shape index (κ1) is 18.3. The summed E-state index contributed by atoms with van der Waals surface area (Å²) in [4.78, 5) is 12.6. The monoisotopic (exact) mass is 374 g/mol. The molecule has 1 atom stereocenters. The first-order chi connectivity index (χ1) is 12.3. The minimum absolute atomic E-state index is 0.0613. The number of nitrogens with one attached hydrogen (secondary N) is 1. The van der Waals surface area contributed by atoms with Crippen molar-refractivity contribution in [3.05, 3.63) is 53.6 Å². The van der Waals surface area contributed by atoms with Crippen LogP contribution in [0.4, 0.5) is 11.4 Å². The van der Waals surface area contributed by atoms with Crippen molar-refractivity contribution >= 4 is 27.3 Å². The van der Waals surface area contributed by atoms with Gasteiger partial charge >= 0.3 is 0 Å². The Bertz CT molecular complexity index is 923. The summed E-state index contributed by atoms with van der Waals surface area (Å²) in [6, 6.07) is 12.8. The van der Waals surface area contributed by atoms with Crippen LogP contribution in [0.2, 0.25) is 0 Å². The van der Waals surface area contributed by atoms with E-state index in [1.54, 1.807) is 12.1 Å². The number of fused-ring (bicyclic) bond motifs is 1. The zero-order valence-corrected chi connectivity index (χ0v) is 15.8. The number of aryl methyl sites for hydroxylation is 2. The zero-order chi connectivity index (χ0) is 18.9. The molecule has 0 fully saturated rings. The number of rotatable bonds is 4. The molecule has 1 aliphatic rings. The van der Waals surface area contributed by atoms with Gasteiger partial charge in [0.05, 0.1) is 18.5 Å². The van der Waals surface area contributed by atoms with Crippen molar-refractivity contribution in [2.75, 3.05) is 22.4 Å². The van der Waals surface area contributed by atoms with Crippen LogP contribution in [-0.4, -0.2) is 33.2 Å². The Kier molecular flexibility index (Phi) is 4.91. The molecule has 0 bridgehead atoms. The Balaban J connectivity index is 1.84. The van der Waals surface area contributed by atoms with Gasteiger partial charge in [-0.25, -0.2) is 8.42 Å². The highest BCUT2D eigenvalue weighted by molar-refractivity contribution is 7.92. The number of sulfonamides is 1. The number of ether oxygens (including phenoxy) is 1. The van der Waals surface area contributed by atoms with Crippen LogP contribution in [0.15, 0.2) is 42.5 Å². The van der Waals surface area contributed by atoms with Crippen LogP contribution < -0.4 is 14.4 Å². The summed E-state index contributed by atoms with van der Waals surface area (Å²) in [5, 5.41) is 2.79. The van der Waals surface area contributed by atoms with Crippen molar-refractivity contribution in [3.8, 4) is 5.75 Å². The maximum absolute atomic E-state index is 12.6. The van der Waals surface area contributed by atoms with Gasteiger partial charge in [0, 0.05) is 5.69 Å². The van der Waals surface area contributed by atoms with Crippen LogP contribution in [0, 0.1) is 6.92 Å². The van der Waals surface area contributed by atoms with E-state index in [1.807, 2.05) is 37.3 Å². The third-order valence-electron chi connectivity index (χ3n) is 4.31. The van der Waals surface area contributed by atoms with Crippen LogP contribution in [-0.2, 0) is 21.2 Å². The molecule has 1 aliphatic heterocycles. The van der Waals surface area contributed by atoms with Crippen LogP contribution in [0.5, 0.6) is 5.75 Å². The van der Waals surface area contributed by atoms with E-state index in [0.717, 1.165) is 18.2 Å². The molecule has 1 amide bonds. The van der Waals surface area contributed by atoms with Crippen molar-refractivity contribution in [1.29, 1.82) is 0 Å². The fraction of sp³-hybridized carbons (Fsp3) is 0.316. The number of amides is 1. The Hall–Kier alpha value is -2.54. The third kappa shape index (κ3) is 3.83. The summed E-state index contributed by atoms with van der Waals surface area (Å²) in [6.07, 6.45) is 1.12. The van der Waals surface area contributed by atoms with Gasteiger partial charge in [-0.1, -0.05) is 25.1 Å². The number of carbonyl (C=O) groups is 1. The highest BCUT2D eigenvalue weighted by Crippen LogP contribution is 2.35. The van der Waals surface area contributed by atoms with E-state index in [9.17, 15) is 13.2 Å². The average molecular weight is 374 g/mol. The second-order valence-corrected chi connectivity index (χ2v) is 8.32. The normalized spacial score (nSPS) is 16.6. The second kappa shape index (κ2) is 6.99. The van der Waals surface area contributed by atoms with Crippen LogP contribution in [0.3, 0.4) is 0 Å². The topological polar surface area (TPSA) is 75.7 Å². The Morgan fingerprint density at radius 3 is 2.54 bits per heavy atom. The van der Waals surface area contributed by atoms with E-state index >= 15 is 0 Å². The molecule has 6 nitrogen and oxygen atoms in total. The molecule has 0 aliphatic carbocycles. The van der Waals surface area contributed by atoms with Crippen molar-refractivity contribution in [2.45, 2.75) is 26.4 Å². The summed E-state index contributed by atoms with van der Waals surface area (Å²) in [7, 11) is -3.53. The molecule has 7 heteroatoms. The molecule has 0 spiro atoms. The van der Waals surface area contributed by atoms with Gasteiger partial charge in [0.1, 0.15) is 5.75 Å². The Labute approximate surface area is 153 Å². The second-order valence-electron chi connectivity index (χ2n) is 6.41. The molecule has 0 radical (unpaired) electrons. The van der Waals surface area contributed by atoms with Crippen molar-refractivity contribution in [2.24, 2.45) is 0 Å². The molecule has 2 aromatic rings. The average Bonchev–Trinajstić information content (AvgIpc) is 2.60. The summed E-state index contributed by atoms with van der Waals surface area (Å²) in [5.41, 5.74) is 3.20. The lowest BCUT2D eigenvalue weighted by Crippen LogP contribution is -2.48. The highest BCUT2D eigenvalue weighted by atomic mass is 32.2. The quantitative estimate of drug-likeness (QED) is 0.893. The molecular formula is C19H22N2O4S. The fourth-order valence-corrected chi connectivity index (χ4v) is 3.76. The SMILES string of the molecule is CCc1ccc(NC(=O)[C@H]2CN(S(C)(=O)=O)c3cc(C)ccc3O2)cc1. The van der Waals surface area contributed by atoms with Gasteiger partial charge in [0.2, 0.25) is 10.0 Å². The van der Waals surface area contributed by atoms with Gasteiger partial charge in [0.25, 0.3) is 5.91 Å². The van der Waals surface area contributed by atoms with Gasteiger partial charge in [-0.15, -0.1) is 0 Å². The Morgan fingerprint density at radius 1 is 1.23 bits per heavy atom. The standard InChI is InChI=1S/C19H22N2O4S/c1-4-14-6-8-15(9-7-14)20-19(22)18-12-21(26(3,23)24)16-11-13(2)5-10-17(16)25-18/h5-11,18H,4,12H2,1-3H3,(H,20,22)/t18-/m1/s1. The molecule has 26 heavy (non-hydrogen) atoms. The van der Waals surface area contributed by atoms with Crippen LogP contribution in [0.1, 0.15) is 18.1 Å². The van der Waals surface area contributed by atoms with Gasteiger partial charge in [-0.3, -0.25) is 9.10 Å². The molecular weight excluding hydrogens is 352 g/mol. The number of anilines is 2. The van der Waals surface area contributed by atoms with E-state index in [2.05, 4.69) is 12.2 Å². The molecule has 0 saturated heterocycles. The van der Waals surface area contributed by atoms with Gasteiger partial charge in [-0.05, 0) is 48.7 Å². The van der Waals surface area contributed by atoms with Gasteiger partial charge < -0.3 is 10.1 Å². The van der Waals surface area contributed by atoms with E-state index < -0.39 is 16.1 Å². The lowest BCUT2D eigenvalue weighted by Gasteiger charge is -2.34. The summed E-state index contributed by atoms with van der Waals surface area (Å²) in [6.45, 7) is 3.87. The first-order valence-corrected chi connectivity index (χ1v) is 10.3. The molecule has 0 aromatic heterocycles. The predicted octanol–water partition coefficient (Wildman–Crippen LogP) is 2.72. The molecule has 138 valence electrons. The van der Waals surface area contributed by atoms with E-state index in [4.69, 9.17) is 4.74 Å². The van der Waals surface area contributed by atoms with Crippen molar-refractivity contribution in [1.82, 2.24) is 0 Å². The molecule has 0 saturated carbocycles. The molecule has 1 N–H and O–H groups in total. The summed E-state index contributed by atoms with van der Waals surface area (Å²) < 4.78 is 31.4. The molecule has 3 rings (SSSR count). The van der Waals surface area contributed by atoms with Gasteiger partial charge in [-0.2, -0.15) is 0 Å². The smallest absolute Gasteiger partial charge is 0.267 e. The van der Waals surface area contributed by atoms with Crippen molar-refractivity contribution < 1.29 is 17.9 Å². The Morgan fingerprint density at radius 2 is 1.92 bits per heavy atom. The number of benzene rings is 2. The third-order valence-corrected chi connectivity index (χ3v) is 5.45. The lowest BCUT2D eigenvalue weighted by atomic mass is 10.1. The predicted molar refractivity (Wildman–Crippen MR) is 102 cm³/mol. The molecule has 0 unspecified atom stereocenters. The molecule has 2 aromatic carbocycles. The maximum atomic E-state index is 12.6. The maximum Gasteiger partial charge on any atom is 0.267 e. The highest BCUT2D eigenvalue weighted by Gasteiger charge is 2.35. The van der Waals surface area contributed by atoms with Crippen molar-refractivity contribution in [3.63, 3.8) is 0 Å². The minimum atomic E-state index is -3.53. The lowest BCUT2D eigenvalue weighted by molar-refractivity contribution is -0.122. The number of carbonyl (C=O) groups excluding carboxylic acids is 1. The van der Waals surface area contributed by atoms with Crippen LogP contribution >= 0.6 is 0 Å². The fourth-order valence-electron chi connectivity index (χ4n) is 2.86. The number of hydrogen-bond acceptors (Lipinski definition) is 4. The summed E-state index contributed by atoms with van der Waals surface area (Å²) in [5.74, 6) is 0.00267. The number of hydrogen-bond donors (Lipinski definition) is 1. The molecule has 1 heterocycles. The van der Waals surface area contributed by atoms with Crippen LogP contribution in [0.25, 0.3) is 0 Å². The largest absolute Gasteiger partial charge is 0.476 e. The zero-order valence-electron chi connectivity index (χ0n) is 15.0. The number of nitrogens with zero attached hydrogens (tertiary/aromatic N) is 1. The van der Waals surface area contributed by atoms with E-state index in [1.165, 1.54) is 9.87 Å². The van der Waals surface area contributed by atoms with E-state index in [-0.39, 0.29) is 12.5 Å². The van der Waals surface area contributed by atoms with Gasteiger partial charge in [0.15, 0.2) is 6.10 Å². The first-order valence-electron chi connectivity index (χ1n) is 8.42. The minimum Gasteiger partial charge on any atom is -0.476 e. The summed E-state index contributed by atoms with van der Waals surface area (Å²) >= 11 is 0.